The van der Waals surface area contributed by atoms with E-state index in [2.05, 4.69) is 155 Å². The summed E-state index contributed by atoms with van der Waals surface area (Å²) in [5, 5.41) is 7.47. The Morgan fingerprint density at radius 2 is 1.02 bits per heavy atom. The summed E-state index contributed by atoms with van der Waals surface area (Å²) >= 11 is 1.89. The maximum atomic E-state index is 5.26. The van der Waals surface area contributed by atoms with Crippen molar-refractivity contribution >= 4 is 75.1 Å². The van der Waals surface area contributed by atoms with Crippen LogP contribution in [0.15, 0.2) is 170 Å². The van der Waals surface area contributed by atoms with Crippen molar-refractivity contribution in [2.75, 3.05) is 0 Å². The van der Waals surface area contributed by atoms with Crippen LogP contribution < -0.4 is 0 Å². The van der Waals surface area contributed by atoms with Gasteiger partial charge in [-0.1, -0.05) is 127 Å². The summed E-state index contributed by atoms with van der Waals surface area (Å²) < 4.78 is 7.34. The van der Waals surface area contributed by atoms with Gasteiger partial charge in [-0.05, 0) is 36.4 Å². The Hall–Kier alpha value is -6.56. The molecule has 0 fully saturated rings. The molecule has 7 aromatic carbocycles. The highest BCUT2D eigenvalue weighted by atomic mass is 32.1. The van der Waals surface area contributed by atoms with Crippen LogP contribution in [-0.4, -0.2) is 19.1 Å². The van der Waals surface area contributed by atoms with Crippen molar-refractivity contribution in [3.63, 3.8) is 0 Å². The van der Waals surface area contributed by atoms with Crippen molar-refractivity contribution < 1.29 is 0 Å². The monoisotopic (exact) mass is 668 g/mol. The van der Waals surface area contributed by atoms with Gasteiger partial charge in [0.25, 0.3) is 0 Å². The molecule has 0 amide bonds. The number of para-hydroxylation sites is 3. The van der Waals surface area contributed by atoms with Gasteiger partial charge in [-0.25, -0.2) is 9.97 Å². The lowest BCUT2D eigenvalue weighted by Crippen LogP contribution is -2.02. The molecule has 0 aliphatic carbocycles. The molecular formula is C46H28N4S. The molecule has 51 heavy (non-hydrogen) atoms. The summed E-state index contributed by atoms with van der Waals surface area (Å²) in [6, 6.07) is 60.4. The fourth-order valence-corrected chi connectivity index (χ4v) is 9.12. The Morgan fingerprint density at radius 3 is 1.76 bits per heavy atom. The van der Waals surface area contributed by atoms with E-state index in [-0.39, 0.29) is 0 Å². The van der Waals surface area contributed by atoms with E-state index in [1.54, 1.807) is 0 Å². The fraction of sp³-hybridized carbons (Fsp3) is 0. The van der Waals surface area contributed by atoms with E-state index < -0.39 is 0 Å². The van der Waals surface area contributed by atoms with Gasteiger partial charge >= 0.3 is 0 Å². The largest absolute Gasteiger partial charge is 0.308 e. The Balaban J connectivity index is 1.23. The van der Waals surface area contributed by atoms with E-state index in [0.29, 0.717) is 5.82 Å². The predicted molar refractivity (Wildman–Crippen MR) is 214 cm³/mol. The molecule has 11 aromatic rings. The molecule has 0 unspecified atom stereocenters. The summed E-state index contributed by atoms with van der Waals surface area (Å²) in [6.45, 7) is 0. The zero-order valence-electron chi connectivity index (χ0n) is 27.4. The van der Waals surface area contributed by atoms with E-state index in [1.807, 2.05) is 35.6 Å². The number of nitrogens with zero attached hydrogens (tertiary/aromatic N) is 4. The van der Waals surface area contributed by atoms with Crippen LogP contribution in [0.3, 0.4) is 0 Å². The highest BCUT2D eigenvalue weighted by Gasteiger charge is 2.21. The van der Waals surface area contributed by atoms with E-state index in [9.17, 15) is 0 Å². The van der Waals surface area contributed by atoms with Crippen molar-refractivity contribution in [3.8, 4) is 34.2 Å². The third kappa shape index (κ3) is 4.25. The third-order valence-electron chi connectivity index (χ3n) is 10.1. The minimum absolute atomic E-state index is 0.705. The molecule has 0 spiro atoms. The van der Waals surface area contributed by atoms with Gasteiger partial charge in [-0.2, -0.15) is 0 Å². The molecule has 11 rings (SSSR count). The minimum Gasteiger partial charge on any atom is -0.308 e. The number of thiophene rings is 1. The van der Waals surface area contributed by atoms with Crippen LogP contribution in [0.1, 0.15) is 0 Å². The molecule has 0 atom stereocenters. The van der Waals surface area contributed by atoms with Crippen LogP contribution in [0.2, 0.25) is 0 Å². The number of rotatable bonds is 4. The maximum Gasteiger partial charge on any atom is 0.162 e. The second-order valence-electron chi connectivity index (χ2n) is 13.0. The second kappa shape index (κ2) is 11.0. The summed E-state index contributed by atoms with van der Waals surface area (Å²) in [4.78, 5) is 10.3. The summed E-state index contributed by atoms with van der Waals surface area (Å²) in [5.74, 6) is 1.55. The van der Waals surface area contributed by atoms with Crippen molar-refractivity contribution in [3.05, 3.63) is 170 Å². The molecule has 0 aliphatic heterocycles. The first kappa shape index (κ1) is 28.3. The van der Waals surface area contributed by atoms with Crippen LogP contribution in [0.25, 0.3) is 97.9 Å². The Morgan fingerprint density at radius 1 is 0.412 bits per heavy atom. The molecule has 4 aromatic heterocycles. The second-order valence-corrected chi connectivity index (χ2v) is 14.1. The lowest BCUT2D eigenvalue weighted by Gasteiger charge is -2.12. The van der Waals surface area contributed by atoms with Crippen molar-refractivity contribution in [1.29, 1.82) is 0 Å². The van der Waals surface area contributed by atoms with Crippen LogP contribution in [0.4, 0.5) is 0 Å². The zero-order valence-corrected chi connectivity index (χ0v) is 28.2. The molecule has 5 heteroatoms. The van der Waals surface area contributed by atoms with E-state index in [1.165, 1.54) is 58.4 Å². The number of fused-ring (bicyclic) bond motifs is 10. The first-order chi connectivity index (χ1) is 25.3. The smallest absolute Gasteiger partial charge is 0.162 e. The van der Waals surface area contributed by atoms with Crippen LogP contribution in [-0.2, 0) is 0 Å². The van der Waals surface area contributed by atoms with E-state index >= 15 is 0 Å². The average molecular weight is 669 g/mol. The van der Waals surface area contributed by atoms with Gasteiger partial charge in [-0.15, -0.1) is 11.3 Å². The molecular weight excluding hydrogens is 641 g/mol. The normalized spacial score (nSPS) is 11.9. The van der Waals surface area contributed by atoms with Crippen molar-refractivity contribution in [2.24, 2.45) is 0 Å². The first-order valence-corrected chi connectivity index (χ1v) is 18.0. The molecule has 0 aliphatic rings. The van der Waals surface area contributed by atoms with Gasteiger partial charge in [0.05, 0.1) is 32.5 Å². The highest BCUT2D eigenvalue weighted by Crippen LogP contribution is 2.45. The lowest BCUT2D eigenvalue weighted by molar-refractivity contribution is 1.05. The molecule has 0 N–H and O–H groups in total. The molecule has 0 saturated carbocycles. The predicted octanol–water partition coefficient (Wildman–Crippen LogP) is 12.4. The highest BCUT2D eigenvalue weighted by molar-refractivity contribution is 7.26. The first-order valence-electron chi connectivity index (χ1n) is 17.2. The number of hydrogen-bond donors (Lipinski definition) is 0. The quantitative estimate of drug-likeness (QED) is 0.187. The van der Waals surface area contributed by atoms with Gasteiger partial charge in [-0.3, -0.25) is 4.57 Å². The zero-order chi connectivity index (χ0) is 33.5. The van der Waals surface area contributed by atoms with E-state index in [0.717, 1.165) is 33.7 Å². The SMILES string of the molecule is c1ccc(-c2cc(-n3c4ccccc4c4cc5sc6c(ccc7c8ccccc8n(-c8ccccc8)c76)c5cc43)nc(-c3ccccc3)n2)cc1. The average Bonchev–Trinajstić information content (AvgIpc) is 3.85. The van der Waals surface area contributed by atoms with Gasteiger partial charge < -0.3 is 4.57 Å². The summed E-state index contributed by atoms with van der Waals surface area (Å²) in [7, 11) is 0. The fourth-order valence-electron chi connectivity index (χ4n) is 7.86. The molecule has 0 radical (unpaired) electrons. The van der Waals surface area contributed by atoms with Gasteiger partial charge in [0.15, 0.2) is 5.82 Å². The summed E-state index contributed by atoms with van der Waals surface area (Å²) in [5.41, 5.74) is 8.84. The third-order valence-corrected chi connectivity index (χ3v) is 11.3. The van der Waals surface area contributed by atoms with Gasteiger partial charge in [0, 0.05) is 59.9 Å². The molecule has 4 nitrogen and oxygen atoms in total. The molecule has 0 saturated heterocycles. The summed E-state index contributed by atoms with van der Waals surface area (Å²) in [6.07, 6.45) is 0. The minimum atomic E-state index is 0.705. The lowest BCUT2D eigenvalue weighted by atomic mass is 10.1. The van der Waals surface area contributed by atoms with Gasteiger partial charge in [0.2, 0.25) is 0 Å². The molecule has 4 heterocycles. The van der Waals surface area contributed by atoms with Crippen LogP contribution >= 0.6 is 11.3 Å². The Labute approximate surface area is 297 Å². The Kier molecular flexibility index (Phi) is 6.09. The standard InChI is InChI=1S/C46H28N4S/c1-4-14-29(15-5-1)38-28-43(48-46(47-38)30-16-6-2-7-17-30)50-40-23-13-11-21-33(40)36-27-42-37(26-41(36)50)35-25-24-34-32-20-10-12-22-39(32)49(44(34)45(35)51-42)31-18-8-3-9-19-31/h1-28H. The maximum absolute atomic E-state index is 5.26. The Bertz CT molecular complexity index is 3060. The molecule has 238 valence electrons. The van der Waals surface area contributed by atoms with Gasteiger partial charge in [0.1, 0.15) is 5.82 Å². The van der Waals surface area contributed by atoms with Crippen molar-refractivity contribution in [1.82, 2.24) is 19.1 Å². The topological polar surface area (TPSA) is 35.6 Å². The molecule has 0 bridgehead atoms. The number of hydrogen-bond acceptors (Lipinski definition) is 3. The van der Waals surface area contributed by atoms with Crippen LogP contribution in [0, 0.1) is 0 Å². The number of aromatic nitrogens is 4. The van der Waals surface area contributed by atoms with Crippen LogP contribution in [0.5, 0.6) is 0 Å². The number of benzene rings is 7. The van der Waals surface area contributed by atoms with Crippen molar-refractivity contribution in [2.45, 2.75) is 0 Å². The van der Waals surface area contributed by atoms with E-state index in [4.69, 9.17) is 9.97 Å².